The zero-order chi connectivity index (χ0) is 7.33. The predicted octanol–water partition coefficient (Wildman–Crippen LogP) is -1.05. The number of hydrogen-bond donors (Lipinski definition) is 3. The van der Waals surface area contributed by atoms with Gasteiger partial charge >= 0.3 is 58.8 Å². The Labute approximate surface area is 59.3 Å². The Hall–Kier alpha value is 0.423. The molecule has 56 valence electrons. The minimum atomic E-state index is -1.83. The molecule has 0 spiro atoms. The van der Waals surface area contributed by atoms with E-state index in [0.29, 0.717) is 0 Å². The van der Waals surface area contributed by atoms with E-state index in [0.717, 1.165) is 21.4 Å². The van der Waals surface area contributed by atoms with E-state index in [2.05, 4.69) is 6.92 Å². The summed E-state index contributed by atoms with van der Waals surface area (Å²) in [5.41, 5.74) is 16.7. The molecule has 0 aromatic rings. The van der Waals surface area contributed by atoms with Gasteiger partial charge in [-0.2, -0.15) is 0 Å². The Bertz CT molecular complexity index is 55.1. The average Bonchev–Trinajstić information content (AvgIpc) is 1.95. The van der Waals surface area contributed by atoms with Crippen LogP contribution in [0.15, 0.2) is 0 Å². The van der Waals surface area contributed by atoms with Crippen molar-refractivity contribution in [3.63, 3.8) is 0 Å². The fourth-order valence-corrected chi connectivity index (χ4v) is 3.55. The zero-order valence-corrected chi connectivity index (χ0v) is 8.16. The van der Waals surface area contributed by atoms with Gasteiger partial charge in [-0.3, -0.25) is 0 Å². The van der Waals surface area contributed by atoms with Crippen molar-refractivity contribution >= 4 is 13.3 Å². The second-order valence-electron chi connectivity index (χ2n) is 2.47. The summed E-state index contributed by atoms with van der Waals surface area (Å²) in [6.07, 6.45) is 0. The van der Waals surface area contributed by atoms with Crippen molar-refractivity contribution < 1.29 is 0 Å². The molecule has 0 aromatic carbocycles. The first-order chi connectivity index (χ1) is 4.24. The van der Waals surface area contributed by atoms with Crippen molar-refractivity contribution in [1.82, 2.24) is 0 Å². The summed E-state index contributed by atoms with van der Waals surface area (Å²) in [6, 6.07) is 0. The first-order valence-corrected chi connectivity index (χ1v) is 9.28. The van der Waals surface area contributed by atoms with Gasteiger partial charge in [-0.15, -0.1) is 0 Å². The van der Waals surface area contributed by atoms with Crippen molar-refractivity contribution in [3.8, 4) is 0 Å². The van der Waals surface area contributed by atoms with E-state index in [-0.39, 0.29) is 0 Å². The van der Waals surface area contributed by atoms with Crippen LogP contribution >= 0.6 is 0 Å². The Morgan fingerprint density at radius 1 is 1.00 bits per heavy atom. The monoisotopic (exact) mass is 193 g/mol. The molecule has 0 atom stereocenters. The van der Waals surface area contributed by atoms with E-state index < -0.39 is 13.3 Å². The van der Waals surface area contributed by atoms with E-state index in [1.807, 2.05) is 0 Å². The van der Waals surface area contributed by atoms with Gasteiger partial charge in [0.1, 0.15) is 0 Å². The van der Waals surface area contributed by atoms with Crippen LogP contribution in [0.25, 0.3) is 0 Å². The van der Waals surface area contributed by atoms with Crippen molar-refractivity contribution in [1.29, 1.82) is 0 Å². The Morgan fingerprint density at radius 3 is 1.33 bits per heavy atom. The summed E-state index contributed by atoms with van der Waals surface area (Å²) in [4.78, 5) is 0. The third kappa shape index (κ3) is 2.25. The number of nitrogens with two attached hydrogens (primary N) is 3. The van der Waals surface area contributed by atoms with Gasteiger partial charge in [0, 0.05) is 0 Å². The molecule has 0 unspecified atom stereocenters. The molecule has 4 heteroatoms. The maximum absolute atomic E-state index is 5.56. The molecular formula is C5H17GeN3. The van der Waals surface area contributed by atoms with Gasteiger partial charge in [-0.05, 0) is 0 Å². The molecule has 0 bridgehead atoms. The predicted molar refractivity (Wildman–Crippen MR) is 43.4 cm³/mol. The molecule has 0 radical (unpaired) electrons. The summed E-state index contributed by atoms with van der Waals surface area (Å²) in [7, 11) is 0. The molecule has 0 aromatic heterocycles. The van der Waals surface area contributed by atoms with Gasteiger partial charge in [-0.1, -0.05) is 0 Å². The number of hydrogen-bond acceptors (Lipinski definition) is 3. The molecule has 0 aliphatic rings. The summed E-state index contributed by atoms with van der Waals surface area (Å²) in [6.45, 7) is 2.15. The fraction of sp³-hybridized carbons (Fsp3) is 1.00. The zero-order valence-electron chi connectivity index (χ0n) is 6.06. The van der Waals surface area contributed by atoms with Crippen LogP contribution in [0.1, 0.15) is 6.92 Å². The normalized spacial score (nSPS) is 12.0. The molecule has 0 aliphatic heterocycles. The molecule has 9 heavy (non-hydrogen) atoms. The third-order valence-electron chi connectivity index (χ3n) is 2.05. The quantitative estimate of drug-likeness (QED) is 0.497. The average molecular weight is 192 g/mol. The fourth-order valence-electron chi connectivity index (χ4n) is 0.683. The minimum absolute atomic E-state index is 0.781. The van der Waals surface area contributed by atoms with Crippen LogP contribution in [0.5, 0.6) is 0 Å². The van der Waals surface area contributed by atoms with Crippen LogP contribution < -0.4 is 17.2 Å². The van der Waals surface area contributed by atoms with E-state index in [4.69, 9.17) is 17.2 Å². The topological polar surface area (TPSA) is 78.1 Å². The van der Waals surface area contributed by atoms with E-state index in [1.54, 1.807) is 0 Å². The molecule has 3 nitrogen and oxygen atoms in total. The Kier molecular flexibility index (Phi) is 4.47. The van der Waals surface area contributed by atoms with Crippen LogP contribution in [-0.4, -0.2) is 29.4 Å². The molecule has 0 aliphatic carbocycles. The molecule has 0 saturated carbocycles. The summed E-state index contributed by atoms with van der Waals surface area (Å²) < 4.78 is 0. The van der Waals surface area contributed by atoms with Crippen LogP contribution in [0.3, 0.4) is 0 Å². The maximum atomic E-state index is 5.56. The van der Waals surface area contributed by atoms with Gasteiger partial charge in [0.2, 0.25) is 0 Å². The Morgan fingerprint density at radius 2 is 1.33 bits per heavy atom. The second-order valence-corrected chi connectivity index (χ2v) is 12.8. The standard InChI is InChI=1S/C5H17GeN3/c1-2-6(3-7,4-8)5-9/h2-5,7-9H2,1H3. The van der Waals surface area contributed by atoms with Crippen molar-refractivity contribution in [2.75, 3.05) is 16.1 Å². The molecule has 0 amide bonds. The van der Waals surface area contributed by atoms with Gasteiger partial charge in [-0.25, -0.2) is 0 Å². The summed E-state index contributed by atoms with van der Waals surface area (Å²) >= 11 is -1.83. The van der Waals surface area contributed by atoms with Gasteiger partial charge in [0.25, 0.3) is 0 Å². The molecule has 0 fully saturated rings. The van der Waals surface area contributed by atoms with Crippen molar-refractivity contribution in [2.45, 2.75) is 12.2 Å². The first-order valence-electron chi connectivity index (χ1n) is 3.35. The van der Waals surface area contributed by atoms with Crippen LogP contribution in [0, 0.1) is 0 Å². The molecule has 6 N–H and O–H groups in total. The van der Waals surface area contributed by atoms with E-state index >= 15 is 0 Å². The van der Waals surface area contributed by atoms with E-state index in [9.17, 15) is 0 Å². The van der Waals surface area contributed by atoms with Gasteiger partial charge in [0.15, 0.2) is 0 Å². The summed E-state index contributed by atoms with van der Waals surface area (Å²) in [5, 5.41) is 3.50. The van der Waals surface area contributed by atoms with Crippen LogP contribution in [0.2, 0.25) is 5.25 Å². The second kappa shape index (κ2) is 4.27. The molecular weight excluding hydrogens is 175 g/mol. The Balaban J connectivity index is 3.82. The van der Waals surface area contributed by atoms with Crippen molar-refractivity contribution in [2.24, 2.45) is 17.2 Å². The number of rotatable bonds is 4. The molecule has 0 heterocycles. The molecule has 0 saturated heterocycles. The third-order valence-corrected chi connectivity index (χ3v) is 10.6. The van der Waals surface area contributed by atoms with Gasteiger partial charge < -0.3 is 0 Å². The van der Waals surface area contributed by atoms with Crippen LogP contribution in [0.4, 0.5) is 0 Å². The SMILES string of the molecule is C[CH2][Ge]([CH2]N)([CH2]N)[CH2]N. The van der Waals surface area contributed by atoms with E-state index in [1.165, 1.54) is 0 Å². The molecule has 0 rings (SSSR count). The van der Waals surface area contributed by atoms with Crippen molar-refractivity contribution in [3.05, 3.63) is 0 Å². The summed E-state index contributed by atoms with van der Waals surface area (Å²) in [5.74, 6) is 0. The van der Waals surface area contributed by atoms with Crippen LogP contribution in [-0.2, 0) is 0 Å². The first kappa shape index (κ1) is 9.42. The van der Waals surface area contributed by atoms with Gasteiger partial charge in [0.05, 0.1) is 0 Å².